The lowest BCUT2D eigenvalue weighted by molar-refractivity contribution is 0.529. The van der Waals surface area contributed by atoms with Crippen LogP contribution < -0.4 is 10.6 Å². The summed E-state index contributed by atoms with van der Waals surface area (Å²) in [6.45, 7) is 5.09. The number of aromatic nitrogens is 2. The van der Waals surface area contributed by atoms with E-state index < -0.39 is 0 Å². The van der Waals surface area contributed by atoms with Crippen molar-refractivity contribution in [3.8, 4) is 0 Å². The average molecular weight is 246 g/mol. The second-order valence-corrected chi connectivity index (χ2v) is 4.34. The maximum absolute atomic E-state index is 5.60. The number of furan rings is 1. The molecule has 0 aliphatic carbocycles. The fourth-order valence-corrected chi connectivity index (χ4v) is 1.77. The number of anilines is 1. The van der Waals surface area contributed by atoms with Crippen molar-refractivity contribution in [2.75, 3.05) is 11.9 Å². The Balaban J connectivity index is 2.16. The summed E-state index contributed by atoms with van der Waals surface area (Å²) in [7, 11) is 1.96. The molecule has 0 saturated heterocycles. The van der Waals surface area contributed by atoms with Crippen LogP contribution in [0.3, 0.4) is 0 Å². The molecular weight excluding hydrogens is 228 g/mol. The lowest BCUT2D eigenvalue weighted by Gasteiger charge is -2.17. The highest BCUT2D eigenvalue weighted by atomic mass is 16.3. The fraction of sp³-hybridized carbons (Fsp3) is 0.385. The van der Waals surface area contributed by atoms with Gasteiger partial charge in [0.15, 0.2) is 0 Å². The maximum Gasteiger partial charge on any atom is 0.225 e. The Morgan fingerprint density at radius 3 is 2.67 bits per heavy atom. The second kappa shape index (κ2) is 5.18. The molecule has 0 bridgehead atoms. The van der Waals surface area contributed by atoms with Crippen molar-refractivity contribution in [3.05, 3.63) is 41.1 Å². The van der Waals surface area contributed by atoms with E-state index in [9.17, 15) is 0 Å². The zero-order chi connectivity index (χ0) is 13.1. The van der Waals surface area contributed by atoms with Crippen LogP contribution in [-0.4, -0.2) is 17.0 Å². The van der Waals surface area contributed by atoms with Crippen molar-refractivity contribution in [2.24, 2.45) is 5.73 Å². The first kappa shape index (κ1) is 12.6. The Morgan fingerprint density at radius 2 is 2.11 bits per heavy atom. The van der Waals surface area contributed by atoms with Gasteiger partial charge in [-0.25, -0.2) is 9.97 Å². The molecule has 0 unspecified atom stereocenters. The van der Waals surface area contributed by atoms with E-state index in [1.807, 2.05) is 31.9 Å². The van der Waals surface area contributed by atoms with Crippen molar-refractivity contribution in [3.63, 3.8) is 0 Å². The van der Waals surface area contributed by atoms with Gasteiger partial charge < -0.3 is 15.1 Å². The van der Waals surface area contributed by atoms with Gasteiger partial charge in [-0.15, -0.1) is 0 Å². The largest absolute Gasteiger partial charge is 0.469 e. The summed E-state index contributed by atoms with van der Waals surface area (Å²) in [6.07, 6.45) is 3.48. The number of aryl methyl sites for hydroxylation is 2. The summed E-state index contributed by atoms with van der Waals surface area (Å²) < 4.78 is 5.28. The molecule has 0 aliphatic rings. The van der Waals surface area contributed by atoms with Crippen LogP contribution in [0.5, 0.6) is 0 Å². The van der Waals surface area contributed by atoms with E-state index >= 15 is 0 Å². The van der Waals surface area contributed by atoms with Crippen LogP contribution in [0.2, 0.25) is 0 Å². The van der Waals surface area contributed by atoms with Crippen LogP contribution in [0.1, 0.15) is 22.6 Å². The number of hydrogen-bond donors (Lipinski definition) is 1. The molecule has 18 heavy (non-hydrogen) atoms. The number of nitrogens with zero attached hydrogens (tertiary/aromatic N) is 3. The minimum Gasteiger partial charge on any atom is -0.469 e. The molecule has 96 valence electrons. The van der Waals surface area contributed by atoms with Crippen molar-refractivity contribution < 1.29 is 4.42 Å². The molecule has 2 rings (SSSR count). The van der Waals surface area contributed by atoms with E-state index in [2.05, 4.69) is 9.97 Å². The van der Waals surface area contributed by atoms with Gasteiger partial charge in [0.2, 0.25) is 5.95 Å². The first-order chi connectivity index (χ1) is 8.61. The molecule has 5 heteroatoms. The highest BCUT2D eigenvalue weighted by Crippen LogP contribution is 2.15. The van der Waals surface area contributed by atoms with Crippen molar-refractivity contribution in [2.45, 2.75) is 26.9 Å². The highest BCUT2D eigenvalue weighted by molar-refractivity contribution is 5.34. The molecule has 2 heterocycles. The van der Waals surface area contributed by atoms with Gasteiger partial charge in [-0.1, -0.05) is 0 Å². The van der Waals surface area contributed by atoms with Gasteiger partial charge in [0.1, 0.15) is 5.76 Å². The van der Waals surface area contributed by atoms with E-state index in [0.717, 1.165) is 29.1 Å². The monoisotopic (exact) mass is 246 g/mol. The number of hydrogen-bond acceptors (Lipinski definition) is 5. The lowest BCUT2D eigenvalue weighted by Crippen LogP contribution is -2.20. The summed E-state index contributed by atoms with van der Waals surface area (Å²) in [6, 6.07) is 1.97. The topological polar surface area (TPSA) is 68.2 Å². The second-order valence-electron chi connectivity index (χ2n) is 4.34. The summed E-state index contributed by atoms with van der Waals surface area (Å²) in [5, 5.41) is 0. The van der Waals surface area contributed by atoms with Crippen LogP contribution in [0.25, 0.3) is 0 Å². The molecule has 0 spiro atoms. The zero-order valence-electron chi connectivity index (χ0n) is 11.0. The molecule has 2 aromatic heterocycles. The molecular formula is C13H18N4O. The van der Waals surface area contributed by atoms with E-state index in [1.165, 1.54) is 0 Å². The fourth-order valence-electron chi connectivity index (χ4n) is 1.77. The summed E-state index contributed by atoms with van der Waals surface area (Å²) >= 11 is 0. The average Bonchev–Trinajstić information content (AvgIpc) is 2.75. The first-order valence-electron chi connectivity index (χ1n) is 5.88. The molecule has 0 atom stereocenters. The molecule has 0 saturated carbocycles. The van der Waals surface area contributed by atoms with E-state index in [0.29, 0.717) is 12.5 Å². The van der Waals surface area contributed by atoms with E-state index in [4.69, 9.17) is 10.2 Å². The van der Waals surface area contributed by atoms with Gasteiger partial charge in [0.05, 0.1) is 6.26 Å². The number of nitrogens with two attached hydrogens (primary N) is 1. The molecule has 2 aromatic rings. The predicted molar refractivity (Wildman–Crippen MR) is 70.2 cm³/mol. The predicted octanol–water partition coefficient (Wildman–Crippen LogP) is 1.78. The van der Waals surface area contributed by atoms with Crippen LogP contribution in [0.15, 0.2) is 22.9 Å². The molecule has 5 nitrogen and oxygen atoms in total. The molecule has 0 aliphatic heterocycles. The SMILES string of the molecule is Cc1nc(N(C)Cc2ccoc2C)ncc1CN. The Morgan fingerprint density at radius 1 is 1.33 bits per heavy atom. The van der Waals surface area contributed by atoms with Crippen molar-refractivity contribution in [1.82, 2.24) is 9.97 Å². The summed E-state index contributed by atoms with van der Waals surface area (Å²) in [4.78, 5) is 10.8. The Labute approximate surface area is 107 Å². The normalized spacial score (nSPS) is 10.7. The first-order valence-corrected chi connectivity index (χ1v) is 5.88. The van der Waals surface area contributed by atoms with Gasteiger partial charge in [-0.2, -0.15) is 0 Å². The van der Waals surface area contributed by atoms with Gasteiger partial charge in [-0.05, 0) is 19.9 Å². The van der Waals surface area contributed by atoms with Crippen LogP contribution in [0.4, 0.5) is 5.95 Å². The van der Waals surface area contributed by atoms with Crippen LogP contribution in [-0.2, 0) is 13.1 Å². The Bertz CT molecular complexity index is 536. The van der Waals surface area contributed by atoms with Gasteiger partial charge in [0.25, 0.3) is 0 Å². The molecule has 0 amide bonds. The molecule has 0 radical (unpaired) electrons. The Hall–Kier alpha value is -1.88. The third-order valence-corrected chi connectivity index (χ3v) is 3.00. The van der Waals surface area contributed by atoms with Gasteiger partial charge in [-0.3, -0.25) is 0 Å². The molecule has 0 aromatic carbocycles. The van der Waals surface area contributed by atoms with Crippen LogP contribution >= 0.6 is 0 Å². The molecule has 0 fully saturated rings. The molecule has 2 N–H and O–H groups in total. The van der Waals surface area contributed by atoms with Gasteiger partial charge >= 0.3 is 0 Å². The van der Waals surface area contributed by atoms with Crippen LogP contribution in [0, 0.1) is 13.8 Å². The summed E-state index contributed by atoms with van der Waals surface area (Å²) in [5.74, 6) is 1.63. The third kappa shape index (κ3) is 2.51. The zero-order valence-corrected chi connectivity index (χ0v) is 11.0. The van der Waals surface area contributed by atoms with Crippen molar-refractivity contribution in [1.29, 1.82) is 0 Å². The minimum atomic E-state index is 0.469. The summed E-state index contributed by atoms with van der Waals surface area (Å²) in [5.41, 5.74) is 8.65. The van der Waals surface area contributed by atoms with Crippen molar-refractivity contribution >= 4 is 5.95 Å². The minimum absolute atomic E-state index is 0.469. The third-order valence-electron chi connectivity index (χ3n) is 3.00. The van der Waals surface area contributed by atoms with E-state index in [1.54, 1.807) is 12.5 Å². The quantitative estimate of drug-likeness (QED) is 0.890. The van der Waals surface area contributed by atoms with E-state index in [-0.39, 0.29) is 0 Å². The smallest absolute Gasteiger partial charge is 0.225 e. The van der Waals surface area contributed by atoms with Gasteiger partial charge in [0, 0.05) is 43.2 Å². The standard InChI is InChI=1S/C13H18N4O/c1-9-12(6-14)7-15-13(16-9)17(3)8-11-4-5-18-10(11)2/h4-5,7H,6,8,14H2,1-3H3. The lowest BCUT2D eigenvalue weighted by atomic mass is 10.2. The Kier molecular flexibility index (Phi) is 3.62. The maximum atomic E-state index is 5.60. The highest BCUT2D eigenvalue weighted by Gasteiger charge is 2.10. The number of rotatable bonds is 4.